The van der Waals surface area contributed by atoms with Crippen LogP contribution < -0.4 is 0 Å². The molecular formula is C14H26O3Si. The number of carbonyl (C=O) groups is 1. The van der Waals surface area contributed by atoms with Crippen molar-refractivity contribution in [3.8, 4) is 0 Å². The summed E-state index contributed by atoms with van der Waals surface area (Å²) in [6.07, 6.45) is 4.44. The SMILES string of the molecule is CC(C)(C)[Si](C)(C)O[C@@H]1[C@H](CC=O)[C@@H]2CC[C@@H]1O2. The molecule has 0 amide bonds. The second-order valence-corrected chi connectivity index (χ2v) is 12.0. The summed E-state index contributed by atoms with van der Waals surface area (Å²) in [4.78, 5) is 10.8. The van der Waals surface area contributed by atoms with Crippen LogP contribution in [0, 0.1) is 5.92 Å². The van der Waals surface area contributed by atoms with Gasteiger partial charge >= 0.3 is 0 Å². The Hall–Kier alpha value is -0.193. The van der Waals surface area contributed by atoms with Crippen LogP contribution in [0.4, 0.5) is 0 Å². The van der Waals surface area contributed by atoms with Gasteiger partial charge in [0.2, 0.25) is 0 Å². The van der Waals surface area contributed by atoms with Gasteiger partial charge in [-0.25, -0.2) is 0 Å². The summed E-state index contributed by atoms with van der Waals surface area (Å²) in [5.41, 5.74) is 0. The maximum absolute atomic E-state index is 10.8. The molecule has 2 aliphatic heterocycles. The number of fused-ring (bicyclic) bond motifs is 2. The third kappa shape index (κ3) is 2.42. The van der Waals surface area contributed by atoms with Crippen LogP contribution >= 0.6 is 0 Å². The molecule has 0 spiro atoms. The van der Waals surface area contributed by atoms with E-state index < -0.39 is 8.32 Å². The number of carbonyl (C=O) groups excluding carboxylic acids is 1. The Bertz CT molecular complexity index is 321. The Kier molecular flexibility index (Phi) is 3.73. The highest BCUT2D eigenvalue weighted by Crippen LogP contribution is 2.46. The Labute approximate surface area is 111 Å². The van der Waals surface area contributed by atoms with Gasteiger partial charge in [-0.3, -0.25) is 0 Å². The summed E-state index contributed by atoms with van der Waals surface area (Å²) in [7, 11) is -1.77. The molecule has 4 atom stereocenters. The van der Waals surface area contributed by atoms with Crippen LogP contribution in [0.1, 0.15) is 40.0 Å². The molecule has 2 heterocycles. The van der Waals surface area contributed by atoms with Crippen LogP contribution in [-0.2, 0) is 14.0 Å². The van der Waals surface area contributed by atoms with Crippen molar-refractivity contribution in [1.29, 1.82) is 0 Å². The van der Waals surface area contributed by atoms with Crippen LogP contribution in [-0.4, -0.2) is 32.9 Å². The van der Waals surface area contributed by atoms with Gasteiger partial charge in [-0.2, -0.15) is 0 Å². The van der Waals surface area contributed by atoms with Gasteiger partial charge < -0.3 is 14.0 Å². The van der Waals surface area contributed by atoms with Crippen molar-refractivity contribution < 1.29 is 14.0 Å². The van der Waals surface area contributed by atoms with Gasteiger partial charge in [0.1, 0.15) is 6.29 Å². The predicted molar refractivity (Wildman–Crippen MR) is 74.1 cm³/mol. The molecule has 0 aromatic carbocycles. The maximum Gasteiger partial charge on any atom is 0.192 e. The van der Waals surface area contributed by atoms with Gasteiger partial charge in [-0.05, 0) is 31.0 Å². The first-order valence-electron chi connectivity index (χ1n) is 7.03. The van der Waals surface area contributed by atoms with E-state index in [2.05, 4.69) is 33.9 Å². The molecule has 2 bridgehead atoms. The molecule has 0 aromatic heterocycles. The molecule has 0 saturated carbocycles. The highest BCUT2D eigenvalue weighted by Gasteiger charge is 2.52. The summed E-state index contributed by atoms with van der Waals surface area (Å²) in [6, 6.07) is 0. The number of rotatable bonds is 4. The quantitative estimate of drug-likeness (QED) is 0.581. The number of ether oxygens (including phenoxy) is 1. The Morgan fingerprint density at radius 2 is 1.89 bits per heavy atom. The lowest BCUT2D eigenvalue weighted by molar-refractivity contribution is -0.109. The number of aldehydes is 1. The minimum atomic E-state index is -1.77. The van der Waals surface area contributed by atoms with Crippen molar-refractivity contribution in [2.24, 2.45) is 5.92 Å². The van der Waals surface area contributed by atoms with E-state index in [1.165, 1.54) is 0 Å². The number of hydrogen-bond donors (Lipinski definition) is 0. The smallest absolute Gasteiger partial charge is 0.192 e. The highest BCUT2D eigenvalue weighted by molar-refractivity contribution is 6.74. The van der Waals surface area contributed by atoms with Crippen molar-refractivity contribution in [3.63, 3.8) is 0 Å². The standard InChI is InChI=1S/C14H26O3Si/c1-14(2,3)18(4,5)17-13-10(8-9-15)11-6-7-12(13)16-11/h9-13H,6-8H2,1-5H3/t10-,11+,12+,13-/m1/s1. The van der Waals surface area contributed by atoms with E-state index in [4.69, 9.17) is 9.16 Å². The fourth-order valence-corrected chi connectivity index (χ4v) is 4.17. The molecule has 2 saturated heterocycles. The van der Waals surface area contributed by atoms with Crippen molar-refractivity contribution in [3.05, 3.63) is 0 Å². The van der Waals surface area contributed by atoms with Gasteiger partial charge in [-0.15, -0.1) is 0 Å². The van der Waals surface area contributed by atoms with Gasteiger partial charge in [0.25, 0.3) is 0 Å². The summed E-state index contributed by atoms with van der Waals surface area (Å²) in [6.45, 7) is 11.3. The molecule has 2 aliphatic rings. The molecule has 0 aromatic rings. The summed E-state index contributed by atoms with van der Waals surface area (Å²) in [5.74, 6) is 0.287. The van der Waals surface area contributed by atoms with Gasteiger partial charge in [0.05, 0.1) is 18.3 Å². The first-order valence-corrected chi connectivity index (χ1v) is 9.94. The van der Waals surface area contributed by atoms with Crippen LogP contribution in [0.15, 0.2) is 0 Å². The lowest BCUT2D eigenvalue weighted by atomic mass is 9.85. The minimum Gasteiger partial charge on any atom is -0.411 e. The van der Waals surface area contributed by atoms with E-state index in [1.54, 1.807) is 0 Å². The molecule has 104 valence electrons. The Balaban J connectivity index is 2.10. The molecule has 4 heteroatoms. The normalized spacial score (nSPS) is 36.1. The maximum atomic E-state index is 10.8. The van der Waals surface area contributed by atoms with Crippen LogP contribution in [0.3, 0.4) is 0 Å². The fourth-order valence-electron chi connectivity index (χ4n) is 2.81. The van der Waals surface area contributed by atoms with E-state index in [0.717, 1.165) is 19.1 Å². The summed E-state index contributed by atoms with van der Waals surface area (Å²) >= 11 is 0. The lowest BCUT2D eigenvalue weighted by Gasteiger charge is -2.41. The molecule has 2 rings (SSSR count). The second kappa shape index (κ2) is 4.73. The average molecular weight is 270 g/mol. The molecule has 0 aliphatic carbocycles. The zero-order valence-electron chi connectivity index (χ0n) is 12.2. The Morgan fingerprint density at radius 3 is 2.44 bits per heavy atom. The molecule has 2 fully saturated rings. The Morgan fingerprint density at radius 1 is 1.28 bits per heavy atom. The van der Waals surface area contributed by atoms with Gasteiger partial charge in [-0.1, -0.05) is 20.8 Å². The molecular weight excluding hydrogens is 244 g/mol. The van der Waals surface area contributed by atoms with E-state index in [0.29, 0.717) is 6.42 Å². The van der Waals surface area contributed by atoms with E-state index in [1.807, 2.05) is 0 Å². The average Bonchev–Trinajstić information content (AvgIpc) is 2.79. The molecule has 0 unspecified atom stereocenters. The van der Waals surface area contributed by atoms with Crippen molar-refractivity contribution in [2.45, 2.75) is 76.5 Å². The molecule has 0 N–H and O–H groups in total. The monoisotopic (exact) mass is 270 g/mol. The van der Waals surface area contributed by atoms with E-state index in [9.17, 15) is 4.79 Å². The summed E-state index contributed by atoms with van der Waals surface area (Å²) in [5, 5.41) is 0.209. The second-order valence-electron chi connectivity index (χ2n) is 7.20. The zero-order valence-corrected chi connectivity index (χ0v) is 13.2. The highest BCUT2D eigenvalue weighted by atomic mass is 28.4. The van der Waals surface area contributed by atoms with Crippen LogP contribution in [0.25, 0.3) is 0 Å². The minimum absolute atomic E-state index is 0.148. The molecule has 0 radical (unpaired) electrons. The van der Waals surface area contributed by atoms with E-state index >= 15 is 0 Å². The van der Waals surface area contributed by atoms with Crippen molar-refractivity contribution in [1.82, 2.24) is 0 Å². The largest absolute Gasteiger partial charge is 0.411 e. The van der Waals surface area contributed by atoms with E-state index in [-0.39, 0.29) is 29.3 Å². The van der Waals surface area contributed by atoms with Crippen molar-refractivity contribution >= 4 is 14.6 Å². The first kappa shape index (κ1) is 14.2. The topological polar surface area (TPSA) is 35.5 Å². The zero-order chi connectivity index (χ0) is 13.6. The van der Waals surface area contributed by atoms with Gasteiger partial charge in [0.15, 0.2) is 8.32 Å². The van der Waals surface area contributed by atoms with Crippen LogP contribution in [0.2, 0.25) is 18.1 Å². The predicted octanol–water partition coefficient (Wildman–Crippen LogP) is 3.14. The molecule has 18 heavy (non-hydrogen) atoms. The first-order chi connectivity index (χ1) is 8.26. The molecule has 3 nitrogen and oxygen atoms in total. The fraction of sp³-hybridized carbons (Fsp3) is 0.929. The van der Waals surface area contributed by atoms with Crippen LogP contribution in [0.5, 0.6) is 0 Å². The third-order valence-corrected chi connectivity index (χ3v) is 9.43. The lowest BCUT2D eigenvalue weighted by Crippen LogP contribution is -2.48. The van der Waals surface area contributed by atoms with Crippen molar-refractivity contribution in [2.75, 3.05) is 0 Å². The number of hydrogen-bond acceptors (Lipinski definition) is 3. The third-order valence-electron chi connectivity index (χ3n) is 4.96. The van der Waals surface area contributed by atoms with Gasteiger partial charge in [0, 0.05) is 12.3 Å². The summed E-state index contributed by atoms with van der Waals surface area (Å²) < 4.78 is 12.5.